The summed E-state index contributed by atoms with van der Waals surface area (Å²) in [6.45, 7) is 5.08. The number of aromatic carboxylic acids is 1. The number of carboxylic acid groups (broad SMARTS) is 1. The summed E-state index contributed by atoms with van der Waals surface area (Å²) >= 11 is 1.10. The minimum Gasteiger partial charge on any atom is -0.477 e. The highest BCUT2D eigenvalue weighted by atomic mass is 32.1. The molecule has 0 unspecified atom stereocenters. The third-order valence-corrected chi connectivity index (χ3v) is 5.97. The minimum absolute atomic E-state index is 0.281. The summed E-state index contributed by atoms with van der Waals surface area (Å²) in [4.78, 5) is 41.0. The second kappa shape index (κ2) is 6.87. The average Bonchev–Trinajstić information content (AvgIpc) is 3.34. The van der Waals surface area contributed by atoms with Gasteiger partial charge in [0.15, 0.2) is 5.65 Å². The van der Waals surface area contributed by atoms with Gasteiger partial charge in [-0.2, -0.15) is 9.44 Å². The molecule has 0 aliphatic carbocycles. The van der Waals surface area contributed by atoms with E-state index < -0.39 is 11.4 Å². The molecule has 5 heterocycles. The molecule has 3 aromatic rings. The number of aryl methyl sites for hydroxylation is 1. The van der Waals surface area contributed by atoms with Crippen molar-refractivity contribution in [1.29, 1.82) is 0 Å². The molecule has 150 valence electrons. The lowest BCUT2D eigenvalue weighted by atomic mass is 10.1. The molecule has 0 amide bonds. The maximum absolute atomic E-state index is 12.8. The zero-order valence-electron chi connectivity index (χ0n) is 15.6. The van der Waals surface area contributed by atoms with Crippen molar-refractivity contribution in [3.63, 3.8) is 0 Å². The molecule has 10 nitrogen and oxygen atoms in total. The predicted molar refractivity (Wildman–Crippen MR) is 106 cm³/mol. The Balaban J connectivity index is 1.60. The van der Waals surface area contributed by atoms with Crippen molar-refractivity contribution >= 4 is 34.4 Å². The van der Waals surface area contributed by atoms with E-state index in [1.54, 1.807) is 6.92 Å². The molecule has 0 saturated carbocycles. The van der Waals surface area contributed by atoms with Crippen LogP contribution in [-0.2, 0) is 4.84 Å². The van der Waals surface area contributed by atoms with Crippen LogP contribution in [0.1, 0.15) is 22.3 Å². The Morgan fingerprint density at radius 3 is 2.86 bits per heavy atom. The number of hydrogen-bond donors (Lipinski definition) is 1. The number of hydroxylamine groups is 2. The SMILES string of the molecule is Cc1cc(N2CC(N3CCCO3)C2)nc2c1c(=O)c(C(=O)O)cn2-c1ncns1. The summed E-state index contributed by atoms with van der Waals surface area (Å²) in [5.74, 6) is -0.541. The number of nitrogens with zero attached hydrogens (tertiary/aromatic N) is 6. The lowest BCUT2D eigenvalue weighted by Crippen LogP contribution is -2.58. The lowest BCUT2D eigenvalue weighted by Gasteiger charge is -2.43. The Bertz CT molecular complexity index is 1150. The molecule has 1 N–H and O–H groups in total. The van der Waals surface area contributed by atoms with Crippen LogP contribution in [-0.4, -0.2) is 67.3 Å². The van der Waals surface area contributed by atoms with E-state index in [0.29, 0.717) is 22.4 Å². The molecule has 3 aromatic heterocycles. The molecule has 2 aliphatic heterocycles. The predicted octanol–water partition coefficient (Wildman–Crippen LogP) is 1.07. The van der Waals surface area contributed by atoms with E-state index in [4.69, 9.17) is 9.82 Å². The van der Waals surface area contributed by atoms with Crippen molar-refractivity contribution in [2.45, 2.75) is 19.4 Å². The first-order valence-corrected chi connectivity index (χ1v) is 10.0. The van der Waals surface area contributed by atoms with Crippen molar-refractivity contribution in [2.24, 2.45) is 0 Å². The van der Waals surface area contributed by atoms with Crippen molar-refractivity contribution in [3.8, 4) is 5.13 Å². The number of hydrogen-bond acceptors (Lipinski definition) is 9. The quantitative estimate of drug-likeness (QED) is 0.669. The van der Waals surface area contributed by atoms with Crippen LogP contribution >= 0.6 is 11.5 Å². The summed E-state index contributed by atoms with van der Waals surface area (Å²) in [6, 6.07) is 2.16. The van der Waals surface area contributed by atoms with Gasteiger partial charge in [-0.25, -0.2) is 14.8 Å². The molecule has 0 spiro atoms. The number of carbonyl (C=O) groups is 1. The van der Waals surface area contributed by atoms with E-state index in [1.165, 1.54) is 17.1 Å². The Kier molecular flexibility index (Phi) is 4.30. The van der Waals surface area contributed by atoms with Crippen molar-refractivity contribution < 1.29 is 14.7 Å². The van der Waals surface area contributed by atoms with Gasteiger partial charge in [0.25, 0.3) is 0 Å². The van der Waals surface area contributed by atoms with Crippen LogP contribution in [0.15, 0.2) is 23.4 Å². The Hall–Kier alpha value is -2.89. The van der Waals surface area contributed by atoms with Gasteiger partial charge in [-0.1, -0.05) is 0 Å². The van der Waals surface area contributed by atoms with Gasteiger partial charge in [-0.3, -0.25) is 14.2 Å². The first-order valence-electron chi connectivity index (χ1n) is 9.25. The van der Waals surface area contributed by atoms with Crippen LogP contribution in [0.2, 0.25) is 0 Å². The van der Waals surface area contributed by atoms with Crippen LogP contribution in [0.4, 0.5) is 5.82 Å². The second-order valence-electron chi connectivity index (χ2n) is 7.15. The van der Waals surface area contributed by atoms with E-state index >= 15 is 0 Å². The molecule has 0 bridgehead atoms. The number of carboxylic acids is 1. The van der Waals surface area contributed by atoms with E-state index in [0.717, 1.165) is 50.0 Å². The largest absolute Gasteiger partial charge is 0.477 e. The number of aromatic nitrogens is 4. The van der Waals surface area contributed by atoms with E-state index in [1.807, 2.05) is 11.1 Å². The summed E-state index contributed by atoms with van der Waals surface area (Å²) in [5, 5.41) is 12.2. The molecule has 0 aromatic carbocycles. The molecule has 2 aliphatic rings. The molecule has 0 atom stereocenters. The van der Waals surface area contributed by atoms with Gasteiger partial charge < -0.3 is 10.0 Å². The fraction of sp³-hybridized carbons (Fsp3) is 0.389. The van der Waals surface area contributed by atoms with Gasteiger partial charge in [0, 0.05) is 37.4 Å². The molecule has 29 heavy (non-hydrogen) atoms. The third kappa shape index (κ3) is 2.98. The summed E-state index contributed by atoms with van der Waals surface area (Å²) in [7, 11) is 0. The normalized spacial score (nSPS) is 17.8. The molecule has 2 saturated heterocycles. The minimum atomic E-state index is -1.28. The monoisotopic (exact) mass is 414 g/mol. The highest BCUT2D eigenvalue weighted by molar-refractivity contribution is 7.08. The Labute approximate surface area is 169 Å². The van der Waals surface area contributed by atoms with Crippen LogP contribution in [0.5, 0.6) is 0 Å². The van der Waals surface area contributed by atoms with Gasteiger partial charge in [-0.15, -0.1) is 0 Å². The van der Waals surface area contributed by atoms with Crippen molar-refractivity contribution in [2.75, 3.05) is 31.1 Å². The molecule has 5 rings (SSSR count). The summed E-state index contributed by atoms with van der Waals surface area (Å²) in [6.07, 6.45) is 3.71. The lowest BCUT2D eigenvalue weighted by molar-refractivity contribution is -0.146. The second-order valence-corrected chi connectivity index (χ2v) is 7.91. The van der Waals surface area contributed by atoms with Crippen LogP contribution in [0, 0.1) is 6.92 Å². The van der Waals surface area contributed by atoms with Gasteiger partial charge in [0.2, 0.25) is 10.6 Å². The van der Waals surface area contributed by atoms with Gasteiger partial charge >= 0.3 is 5.97 Å². The Morgan fingerprint density at radius 1 is 1.38 bits per heavy atom. The average molecular weight is 414 g/mol. The molecule has 2 fully saturated rings. The summed E-state index contributed by atoms with van der Waals surface area (Å²) < 4.78 is 5.53. The van der Waals surface area contributed by atoms with E-state index in [9.17, 15) is 14.7 Å². The molecule has 0 radical (unpaired) electrons. The fourth-order valence-corrected chi connectivity index (χ4v) is 4.30. The van der Waals surface area contributed by atoms with Gasteiger partial charge in [0.1, 0.15) is 17.7 Å². The smallest absolute Gasteiger partial charge is 0.341 e. The maximum Gasteiger partial charge on any atom is 0.341 e. The highest BCUT2D eigenvalue weighted by Gasteiger charge is 2.35. The topological polar surface area (TPSA) is 114 Å². The molecular formula is C18H18N6O4S. The fourth-order valence-electron chi connectivity index (χ4n) is 3.79. The van der Waals surface area contributed by atoms with Gasteiger partial charge in [0.05, 0.1) is 18.0 Å². The Morgan fingerprint density at radius 2 is 2.21 bits per heavy atom. The number of fused-ring (bicyclic) bond motifs is 1. The first kappa shape index (κ1) is 18.2. The molecular weight excluding hydrogens is 396 g/mol. The highest BCUT2D eigenvalue weighted by Crippen LogP contribution is 2.28. The number of pyridine rings is 2. The summed E-state index contributed by atoms with van der Waals surface area (Å²) in [5.41, 5.74) is 0.196. The first-order chi connectivity index (χ1) is 14.0. The zero-order chi connectivity index (χ0) is 20.1. The number of anilines is 1. The standard InChI is InChI=1S/C18H18N6O4S/c1-10-5-13(22-6-11(7-22)24-3-2-4-28-24)21-16-14(10)15(25)12(17(26)27)8-23(16)18-19-9-20-29-18/h5,8-9,11H,2-4,6-7H2,1H3,(H,26,27). The van der Waals surface area contributed by atoms with Crippen molar-refractivity contribution in [3.05, 3.63) is 39.9 Å². The van der Waals surface area contributed by atoms with Gasteiger partial charge in [-0.05, 0) is 25.0 Å². The third-order valence-electron chi connectivity index (χ3n) is 5.30. The van der Waals surface area contributed by atoms with E-state index in [2.05, 4.69) is 14.3 Å². The molecule has 11 heteroatoms. The number of rotatable bonds is 4. The van der Waals surface area contributed by atoms with Crippen LogP contribution in [0.3, 0.4) is 0 Å². The van der Waals surface area contributed by atoms with Crippen molar-refractivity contribution in [1.82, 2.24) is 24.0 Å². The zero-order valence-corrected chi connectivity index (χ0v) is 16.4. The maximum atomic E-state index is 12.8. The van der Waals surface area contributed by atoms with E-state index in [-0.39, 0.29) is 10.9 Å². The van der Waals surface area contributed by atoms with Crippen LogP contribution in [0.25, 0.3) is 16.2 Å². The van der Waals surface area contributed by atoms with Crippen LogP contribution < -0.4 is 10.3 Å².